The molecule has 7 heteroatoms. The normalized spacial score (nSPS) is 19.5. The Bertz CT molecular complexity index is 919. The number of ether oxygens (including phenoxy) is 2. The summed E-state index contributed by atoms with van der Waals surface area (Å²) in [6.45, 7) is 3.18. The fourth-order valence-corrected chi connectivity index (χ4v) is 4.37. The van der Waals surface area contributed by atoms with E-state index in [1.54, 1.807) is 31.4 Å². The second-order valence-corrected chi connectivity index (χ2v) is 8.31. The van der Waals surface area contributed by atoms with Gasteiger partial charge in [-0.05, 0) is 74.7 Å². The number of carbonyl (C=O) groups excluding carboxylic acids is 2. The van der Waals surface area contributed by atoms with Crippen LogP contribution in [-0.4, -0.2) is 56.2 Å². The van der Waals surface area contributed by atoms with Gasteiger partial charge in [0.25, 0.3) is 11.8 Å². The number of nitrogens with zero attached hydrogens (tertiary/aromatic N) is 1. The lowest BCUT2D eigenvalue weighted by Gasteiger charge is -2.28. The Kier molecular flexibility index (Phi) is 7.39. The number of amides is 2. The molecule has 170 valence electrons. The molecule has 0 saturated carbocycles. The van der Waals surface area contributed by atoms with Crippen LogP contribution in [0, 0.1) is 0 Å². The minimum atomic E-state index is -0.404. The van der Waals surface area contributed by atoms with Gasteiger partial charge in [0.15, 0.2) is 0 Å². The van der Waals surface area contributed by atoms with E-state index in [2.05, 4.69) is 27.7 Å². The zero-order chi connectivity index (χ0) is 22.3. The number of anilines is 1. The Balaban J connectivity index is 1.40. The number of likely N-dealkylation sites (tertiary alicyclic amines) is 1. The van der Waals surface area contributed by atoms with E-state index in [9.17, 15) is 9.59 Å². The van der Waals surface area contributed by atoms with Crippen molar-refractivity contribution in [2.24, 2.45) is 0 Å². The van der Waals surface area contributed by atoms with Crippen molar-refractivity contribution >= 4 is 17.5 Å². The van der Waals surface area contributed by atoms with E-state index in [-0.39, 0.29) is 17.9 Å². The molecule has 0 aromatic heterocycles. The number of carbonyl (C=O) groups is 2. The van der Waals surface area contributed by atoms with Gasteiger partial charge in [-0.25, -0.2) is 0 Å². The van der Waals surface area contributed by atoms with Gasteiger partial charge in [-0.2, -0.15) is 0 Å². The highest BCUT2D eigenvalue weighted by Crippen LogP contribution is 2.26. The predicted octanol–water partition coefficient (Wildman–Crippen LogP) is 3.38. The maximum Gasteiger partial charge on any atom is 0.253 e. The Labute approximate surface area is 189 Å². The Morgan fingerprint density at radius 1 is 1.12 bits per heavy atom. The maximum absolute atomic E-state index is 12.9. The van der Waals surface area contributed by atoms with Crippen molar-refractivity contribution in [1.29, 1.82) is 0 Å². The Morgan fingerprint density at radius 2 is 1.91 bits per heavy atom. The van der Waals surface area contributed by atoms with Gasteiger partial charge in [-0.1, -0.05) is 18.2 Å². The monoisotopic (exact) mass is 437 g/mol. The summed E-state index contributed by atoms with van der Waals surface area (Å²) in [6.07, 6.45) is 3.57. The summed E-state index contributed by atoms with van der Waals surface area (Å²) >= 11 is 0. The summed E-state index contributed by atoms with van der Waals surface area (Å²) in [6, 6.07) is 15.2. The molecule has 4 rings (SSSR count). The van der Waals surface area contributed by atoms with Crippen molar-refractivity contribution in [2.45, 2.75) is 37.8 Å². The third-order valence-corrected chi connectivity index (χ3v) is 6.15. The van der Waals surface area contributed by atoms with Gasteiger partial charge in [-0.15, -0.1) is 0 Å². The second kappa shape index (κ2) is 10.6. The van der Waals surface area contributed by atoms with Crippen LogP contribution in [-0.2, 0) is 9.53 Å². The second-order valence-electron chi connectivity index (χ2n) is 8.31. The van der Waals surface area contributed by atoms with Gasteiger partial charge in [0.2, 0.25) is 0 Å². The van der Waals surface area contributed by atoms with Crippen molar-refractivity contribution in [3.05, 3.63) is 59.7 Å². The highest BCUT2D eigenvalue weighted by Gasteiger charge is 2.25. The number of benzene rings is 2. The molecule has 0 radical (unpaired) electrons. The third kappa shape index (κ3) is 5.47. The molecule has 0 aliphatic carbocycles. The lowest BCUT2D eigenvalue weighted by Crippen LogP contribution is -2.36. The number of hydrogen-bond acceptors (Lipinski definition) is 5. The van der Waals surface area contributed by atoms with Crippen LogP contribution in [0.1, 0.15) is 47.6 Å². The summed E-state index contributed by atoms with van der Waals surface area (Å²) < 4.78 is 10.7. The zero-order valence-electron chi connectivity index (χ0n) is 18.5. The first-order valence-electron chi connectivity index (χ1n) is 11.3. The topological polar surface area (TPSA) is 79.9 Å². The smallest absolute Gasteiger partial charge is 0.253 e. The molecule has 2 atom stereocenters. The molecule has 2 heterocycles. The average Bonchev–Trinajstić information content (AvgIpc) is 3.54. The SMILES string of the molecule is COc1ccc(C(CNC(=O)c2cccc(NC(=O)C3CCCO3)c2)N2CCCC2)cc1. The van der Waals surface area contributed by atoms with E-state index in [1.807, 2.05) is 12.1 Å². The first kappa shape index (κ1) is 22.3. The molecule has 0 bridgehead atoms. The number of methoxy groups -OCH3 is 1. The maximum atomic E-state index is 12.9. The van der Waals surface area contributed by atoms with Crippen LogP contribution in [0.25, 0.3) is 0 Å². The highest BCUT2D eigenvalue weighted by molar-refractivity contribution is 5.98. The van der Waals surface area contributed by atoms with E-state index < -0.39 is 6.10 Å². The van der Waals surface area contributed by atoms with Gasteiger partial charge in [-0.3, -0.25) is 14.5 Å². The molecular formula is C25H31N3O4. The fraction of sp³-hybridized carbons (Fsp3) is 0.440. The molecular weight excluding hydrogens is 406 g/mol. The van der Waals surface area contributed by atoms with E-state index in [1.165, 1.54) is 12.8 Å². The third-order valence-electron chi connectivity index (χ3n) is 6.15. The molecule has 2 aliphatic heterocycles. The molecule has 2 aromatic rings. The number of hydrogen-bond donors (Lipinski definition) is 2. The van der Waals surface area contributed by atoms with Gasteiger partial charge in [0, 0.05) is 24.4 Å². The summed E-state index contributed by atoms with van der Waals surface area (Å²) in [7, 11) is 1.66. The van der Waals surface area contributed by atoms with Crippen molar-refractivity contribution < 1.29 is 19.1 Å². The first-order valence-corrected chi connectivity index (χ1v) is 11.3. The molecule has 7 nitrogen and oxygen atoms in total. The van der Waals surface area contributed by atoms with E-state index in [4.69, 9.17) is 9.47 Å². The minimum absolute atomic E-state index is 0.106. The number of rotatable bonds is 8. The van der Waals surface area contributed by atoms with Crippen LogP contribution in [0.5, 0.6) is 5.75 Å². The molecule has 2 N–H and O–H groups in total. The summed E-state index contributed by atoms with van der Waals surface area (Å²) in [5, 5.41) is 5.95. The summed E-state index contributed by atoms with van der Waals surface area (Å²) in [5.74, 6) is 0.504. The van der Waals surface area contributed by atoms with Gasteiger partial charge >= 0.3 is 0 Å². The molecule has 2 aliphatic rings. The molecule has 2 amide bonds. The zero-order valence-corrected chi connectivity index (χ0v) is 18.5. The molecule has 32 heavy (non-hydrogen) atoms. The summed E-state index contributed by atoms with van der Waals surface area (Å²) in [5.41, 5.74) is 2.28. The van der Waals surface area contributed by atoms with Gasteiger partial charge < -0.3 is 20.1 Å². The van der Waals surface area contributed by atoms with Crippen molar-refractivity contribution in [2.75, 3.05) is 38.7 Å². The van der Waals surface area contributed by atoms with Crippen LogP contribution in [0.3, 0.4) is 0 Å². The van der Waals surface area contributed by atoms with Crippen LogP contribution in [0.2, 0.25) is 0 Å². The quantitative estimate of drug-likeness (QED) is 0.662. The highest BCUT2D eigenvalue weighted by atomic mass is 16.5. The molecule has 2 aromatic carbocycles. The molecule has 2 fully saturated rings. The lowest BCUT2D eigenvalue weighted by molar-refractivity contribution is -0.124. The van der Waals surface area contributed by atoms with Crippen molar-refractivity contribution in [1.82, 2.24) is 10.2 Å². The van der Waals surface area contributed by atoms with Gasteiger partial charge in [0.1, 0.15) is 11.9 Å². The minimum Gasteiger partial charge on any atom is -0.497 e. The van der Waals surface area contributed by atoms with Crippen molar-refractivity contribution in [3.63, 3.8) is 0 Å². The van der Waals surface area contributed by atoms with Crippen LogP contribution >= 0.6 is 0 Å². The van der Waals surface area contributed by atoms with Crippen molar-refractivity contribution in [3.8, 4) is 5.75 Å². The van der Waals surface area contributed by atoms with Gasteiger partial charge in [0.05, 0.1) is 13.2 Å². The van der Waals surface area contributed by atoms with E-state index >= 15 is 0 Å². The van der Waals surface area contributed by atoms with Crippen LogP contribution in [0.15, 0.2) is 48.5 Å². The lowest BCUT2D eigenvalue weighted by atomic mass is 10.0. The van der Waals surface area contributed by atoms with Crippen LogP contribution in [0.4, 0.5) is 5.69 Å². The molecule has 2 unspecified atom stereocenters. The molecule has 2 saturated heterocycles. The first-order chi connectivity index (χ1) is 15.6. The summed E-state index contributed by atoms with van der Waals surface area (Å²) in [4.78, 5) is 27.6. The Hall–Kier alpha value is -2.90. The molecule has 0 spiro atoms. The largest absolute Gasteiger partial charge is 0.497 e. The predicted molar refractivity (Wildman–Crippen MR) is 123 cm³/mol. The van der Waals surface area contributed by atoms with Crippen LogP contribution < -0.4 is 15.4 Å². The Morgan fingerprint density at radius 3 is 2.59 bits per heavy atom. The standard InChI is InChI=1S/C25H31N3O4/c1-31-21-11-9-18(10-12-21)22(28-13-2-3-14-28)17-26-24(29)19-6-4-7-20(16-19)27-25(30)23-8-5-15-32-23/h4,6-7,9-12,16,22-23H,2-3,5,8,13-15,17H2,1H3,(H,26,29)(H,27,30). The van der Waals surface area contributed by atoms with E-state index in [0.29, 0.717) is 24.4 Å². The number of nitrogens with one attached hydrogen (secondary N) is 2. The average molecular weight is 438 g/mol. The van der Waals surface area contributed by atoms with E-state index in [0.717, 1.165) is 37.2 Å². The fourth-order valence-electron chi connectivity index (χ4n) is 4.37.